The molecule has 0 radical (unpaired) electrons. The summed E-state index contributed by atoms with van der Waals surface area (Å²) < 4.78 is 0. The minimum atomic E-state index is 0.536. The first-order chi connectivity index (χ1) is 7.33. The molecule has 0 aromatic rings. The minimum Gasteiger partial charge on any atom is -0.328 e. The normalized spacial score (nSPS) is 24.4. The first kappa shape index (κ1) is 13.0. The molecule has 0 saturated heterocycles. The van der Waals surface area contributed by atoms with Crippen molar-refractivity contribution >= 4 is 0 Å². The average Bonchev–Trinajstić information content (AvgIpc) is 2.32. The molecule has 90 valence electrons. The fraction of sp³-hybridized carbons (Fsp3) is 1.00. The highest BCUT2D eigenvalue weighted by Gasteiger charge is 2.09. The molecule has 0 bridgehead atoms. The number of hydrogen-bond donors (Lipinski definition) is 2. The second-order valence-electron chi connectivity index (χ2n) is 5.02. The molecule has 2 saturated carbocycles. The Kier molecular flexibility index (Phi) is 7.03. The second-order valence-corrected chi connectivity index (χ2v) is 5.02. The lowest BCUT2D eigenvalue weighted by molar-refractivity contribution is 0.394. The third-order valence-electron chi connectivity index (χ3n) is 3.66. The number of nitrogens with one attached hydrogen (secondary N) is 1. The lowest BCUT2D eigenvalue weighted by Gasteiger charge is -2.20. The zero-order chi connectivity index (χ0) is 10.9. The van der Waals surface area contributed by atoms with Crippen molar-refractivity contribution in [1.29, 1.82) is 0 Å². The zero-order valence-electron chi connectivity index (χ0n) is 10.3. The van der Waals surface area contributed by atoms with E-state index in [4.69, 9.17) is 5.73 Å². The van der Waals surface area contributed by atoms with Gasteiger partial charge in [0.15, 0.2) is 0 Å². The molecular formula is C13H28N2. The molecule has 2 fully saturated rings. The van der Waals surface area contributed by atoms with E-state index in [-0.39, 0.29) is 0 Å². The highest BCUT2D eigenvalue weighted by atomic mass is 14.9. The number of hydrogen-bond acceptors (Lipinski definition) is 2. The monoisotopic (exact) mass is 212 g/mol. The largest absolute Gasteiger partial charge is 0.328 e. The van der Waals surface area contributed by atoms with Gasteiger partial charge in [-0.3, -0.25) is 0 Å². The summed E-state index contributed by atoms with van der Waals surface area (Å²) in [6.07, 6.45) is 13.8. The molecule has 0 unspecified atom stereocenters. The van der Waals surface area contributed by atoms with E-state index in [9.17, 15) is 0 Å². The van der Waals surface area contributed by atoms with Crippen LogP contribution in [0.2, 0.25) is 0 Å². The van der Waals surface area contributed by atoms with Gasteiger partial charge in [0.05, 0.1) is 0 Å². The maximum atomic E-state index is 5.63. The van der Waals surface area contributed by atoms with Crippen molar-refractivity contribution in [3.05, 3.63) is 0 Å². The van der Waals surface area contributed by atoms with Crippen LogP contribution in [-0.2, 0) is 0 Å². The second kappa shape index (κ2) is 8.12. The van der Waals surface area contributed by atoms with E-state index in [1.54, 1.807) is 0 Å². The third-order valence-corrected chi connectivity index (χ3v) is 3.66. The van der Waals surface area contributed by atoms with Gasteiger partial charge in [-0.2, -0.15) is 0 Å². The molecule has 2 aliphatic rings. The lowest BCUT2D eigenvalue weighted by atomic mass is 9.96. The lowest BCUT2D eigenvalue weighted by Crippen LogP contribution is -2.26. The quantitative estimate of drug-likeness (QED) is 0.701. The van der Waals surface area contributed by atoms with Gasteiger partial charge in [0, 0.05) is 12.1 Å². The van der Waals surface area contributed by atoms with Crippen LogP contribution in [0.3, 0.4) is 0 Å². The Morgan fingerprint density at radius 1 is 0.800 bits per heavy atom. The van der Waals surface area contributed by atoms with Gasteiger partial charge in [0.2, 0.25) is 0 Å². The van der Waals surface area contributed by atoms with E-state index in [1.165, 1.54) is 64.2 Å². The zero-order valence-corrected chi connectivity index (χ0v) is 10.3. The summed E-state index contributed by atoms with van der Waals surface area (Å²) in [5, 5.41) is 3.30. The van der Waals surface area contributed by atoms with E-state index in [1.807, 2.05) is 0 Å². The highest BCUT2D eigenvalue weighted by Crippen LogP contribution is 2.16. The van der Waals surface area contributed by atoms with Crippen molar-refractivity contribution in [3.63, 3.8) is 0 Å². The van der Waals surface area contributed by atoms with Gasteiger partial charge in [-0.15, -0.1) is 0 Å². The summed E-state index contributed by atoms with van der Waals surface area (Å²) >= 11 is 0. The van der Waals surface area contributed by atoms with Crippen molar-refractivity contribution in [2.45, 2.75) is 76.3 Å². The molecular weight excluding hydrogens is 184 g/mol. The molecule has 0 aliphatic heterocycles. The van der Waals surface area contributed by atoms with E-state index < -0.39 is 0 Å². The Morgan fingerprint density at radius 2 is 1.27 bits per heavy atom. The van der Waals surface area contributed by atoms with E-state index in [2.05, 4.69) is 12.4 Å². The summed E-state index contributed by atoms with van der Waals surface area (Å²) in [4.78, 5) is 0. The molecule has 15 heavy (non-hydrogen) atoms. The van der Waals surface area contributed by atoms with Crippen LogP contribution in [0.25, 0.3) is 0 Å². The van der Waals surface area contributed by atoms with Gasteiger partial charge in [0.1, 0.15) is 0 Å². The van der Waals surface area contributed by atoms with Crippen LogP contribution < -0.4 is 11.1 Å². The molecule has 0 heterocycles. The van der Waals surface area contributed by atoms with Gasteiger partial charge in [-0.1, -0.05) is 38.5 Å². The SMILES string of the molecule is CNC1CCCCC1.NC1CCCCC1. The predicted octanol–water partition coefficient (Wildman–Crippen LogP) is 2.82. The molecule has 0 atom stereocenters. The fourth-order valence-corrected chi connectivity index (χ4v) is 2.53. The van der Waals surface area contributed by atoms with Crippen LogP contribution in [0, 0.1) is 0 Å². The summed E-state index contributed by atoms with van der Waals surface area (Å²) in [6, 6.07) is 1.37. The Morgan fingerprint density at radius 3 is 1.53 bits per heavy atom. The summed E-state index contributed by atoms with van der Waals surface area (Å²) in [5.41, 5.74) is 5.63. The van der Waals surface area contributed by atoms with Gasteiger partial charge >= 0.3 is 0 Å². The molecule has 3 N–H and O–H groups in total. The van der Waals surface area contributed by atoms with Crippen LogP contribution in [0.15, 0.2) is 0 Å². The topological polar surface area (TPSA) is 38.0 Å². The van der Waals surface area contributed by atoms with Gasteiger partial charge in [-0.05, 0) is 32.7 Å². The van der Waals surface area contributed by atoms with Gasteiger partial charge < -0.3 is 11.1 Å². The van der Waals surface area contributed by atoms with E-state index >= 15 is 0 Å². The Balaban J connectivity index is 0.000000151. The molecule has 2 heteroatoms. The Labute approximate surface area is 95.0 Å². The van der Waals surface area contributed by atoms with Gasteiger partial charge in [-0.25, -0.2) is 0 Å². The molecule has 0 aromatic carbocycles. The predicted molar refractivity (Wildman–Crippen MR) is 67.0 cm³/mol. The van der Waals surface area contributed by atoms with Crippen LogP contribution in [0.4, 0.5) is 0 Å². The summed E-state index contributed by atoms with van der Waals surface area (Å²) in [7, 11) is 2.07. The highest BCUT2D eigenvalue weighted by molar-refractivity contribution is 4.69. The van der Waals surface area contributed by atoms with E-state index in [0.29, 0.717) is 6.04 Å². The standard InChI is InChI=1S/C7H15N.C6H13N/c1-8-7-5-3-2-4-6-7;7-6-4-2-1-3-5-6/h7-8H,2-6H2,1H3;6H,1-5,7H2. The first-order valence-corrected chi connectivity index (χ1v) is 6.76. The number of nitrogens with two attached hydrogens (primary N) is 1. The average molecular weight is 212 g/mol. The van der Waals surface area contributed by atoms with Crippen molar-refractivity contribution in [3.8, 4) is 0 Å². The van der Waals surface area contributed by atoms with Crippen molar-refractivity contribution in [2.24, 2.45) is 5.73 Å². The Hall–Kier alpha value is -0.0800. The summed E-state index contributed by atoms with van der Waals surface area (Å²) in [5.74, 6) is 0. The fourth-order valence-electron chi connectivity index (χ4n) is 2.53. The van der Waals surface area contributed by atoms with Crippen LogP contribution in [0.1, 0.15) is 64.2 Å². The molecule has 2 nitrogen and oxygen atoms in total. The number of rotatable bonds is 1. The molecule has 0 spiro atoms. The molecule has 0 aromatic heterocycles. The van der Waals surface area contributed by atoms with Crippen molar-refractivity contribution in [1.82, 2.24) is 5.32 Å². The first-order valence-electron chi connectivity index (χ1n) is 6.76. The molecule has 2 rings (SSSR count). The maximum Gasteiger partial charge on any atom is 0.00640 e. The molecule has 0 amide bonds. The maximum absolute atomic E-state index is 5.63. The van der Waals surface area contributed by atoms with Crippen LogP contribution in [0.5, 0.6) is 0 Å². The Bertz CT molecular complexity index is 135. The summed E-state index contributed by atoms with van der Waals surface area (Å²) in [6.45, 7) is 0. The smallest absolute Gasteiger partial charge is 0.00640 e. The van der Waals surface area contributed by atoms with Crippen LogP contribution >= 0.6 is 0 Å². The van der Waals surface area contributed by atoms with E-state index in [0.717, 1.165) is 6.04 Å². The minimum absolute atomic E-state index is 0.536. The van der Waals surface area contributed by atoms with Gasteiger partial charge in [0.25, 0.3) is 0 Å². The van der Waals surface area contributed by atoms with Crippen molar-refractivity contribution < 1.29 is 0 Å². The third kappa shape index (κ3) is 6.16. The van der Waals surface area contributed by atoms with Crippen LogP contribution in [-0.4, -0.2) is 19.1 Å². The molecule has 2 aliphatic carbocycles. The van der Waals surface area contributed by atoms with Crippen molar-refractivity contribution in [2.75, 3.05) is 7.05 Å².